The maximum absolute atomic E-state index is 12.2. The molecule has 0 radical (unpaired) electrons. The zero-order valence-corrected chi connectivity index (χ0v) is 22.5. The number of rotatable bonds is 15. The van der Waals surface area contributed by atoms with Crippen LogP contribution in [0.25, 0.3) is 11.6 Å². The number of nitrogens with one attached hydrogen (secondary N) is 1. The summed E-state index contributed by atoms with van der Waals surface area (Å²) in [6, 6.07) is 25.8. The maximum Gasteiger partial charge on any atom is 0.258 e. The van der Waals surface area contributed by atoms with E-state index in [0.29, 0.717) is 11.1 Å². The molecule has 3 aromatic carbocycles. The van der Waals surface area contributed by atoms with Gasteiger partial charge < -0.3 is 0 Å². The lowest BCUT2D eigenvalue weighted by molar-refractivity contribution is -0.123. The first-order valence-electron chi connectivity index (χ1n) is 14.1. The average molecular weight is 520 g/mol. The molecular weight excluding hydrogens is 482 g/mol. The van der Waals surface area contributed by atoms with Crippen LogP contribution in [0.2, 0.25) is 0 Å². The second-order valence-electron chi connectivity index (χ2n) is 10.2. The van der Waals surface area contributed by atoms with Crippen molar-refractivity contribution in [2.45, 2.75) is 64.2 Å². The van der Waals surface area contributed by atoms with E-state index < -0.39 is 0 Å². The van der Waals surface area contributed by atoms with Crippen LogP contribution in [0.4, 0.5) is 0 Å². The fourth-order valence-electron chi connectivity index (χ4n) is 4.86. The molecule has 0 unspecified atom stereocenters. The summed E-state index contributed by atoms with van der Waals surface area (Å²) in [7, 11) is 0. The topological polar surface area (TPSA) is 63.2 Å². The number of allylic oxidation sites excluding steroid dienone is 1. The number of hydrogen-bond acceptors (Lipinski definition) is 3. The number of hydrogen-bond donors (Lipinski definition) is 1. The van der Waals surface area contributed by atoms with Crippen LogP contribution in [0, 0.1) is 0 Å². The maximum atomic E-state index is 12.2. The summed E-state index contributed by atoms with van der Waals surface area (Å²) < 4.78 is 0. The summed E-state index contributed by atoms with van der Waals surface area (Å²) in [5.74, 6) is -0.627. The van der Waals surface area contributed by atoms with E-state index >= 15 is 0 Å². The molecule has 4 heteroatoms. The van der Waals surface area contributed by atoms with Gasteiger partial charge in [-0.25, -0.2) is 0 Å². The number of carbonyl (C=O) groups excluding carboxylic acids is 3. The molecule has 1 aliphatic heterocycles. The highest BCUT2D eigenvalue weighted by Gasteiger charge is 2.21. The van der Waals surface area contributed by atoms with Crippen LogP contribution in [-0.4, -0.2) is 17.6 Å². The predicted molar refractivity (Wildman–Crippen MR) is 158 cm³/mol. The first kappa shape index (κ1) is 28.0. The number of imide groups is 1. The molecule has 0 spiro atoms. The largest absolute Gasteiger partial charge is 0.289 e. The molecule has 1 heterocycles. The Labute approximate surface area is 231 Å². The molecular formula is C35H37NO3. The molecule has 0 fully saturated rings. The van der Waals surface area contributed by atoms with Crippen molar-refractivity contribution in [1.82, 2.24) is 5.32 Å². The molecule has 0 aliphatic carbocycles. The molecule has 4 rings (SSSR count). The summed E-state index contributed by atoms with van der Waals surface area (Å²) >= 11 is 0. The van der Waals surface area contributed by atoms with Gasteiger partial charge in [0.05, 0.1) is 5.57 Å². The second-order valence-corrected chi connectivity index (χ2v) is 10.2. The predicted octanol–water partition coefficient (Wildman–Crippen LogP) is 7.53. The minimum Gasteiger partial charge on any atom is -0.289 e. The molecule has 2 amide bonds. The first-order valence-corrected chi connectivity index (χ1v) is 14.1. The number of carbonyl (C=O) groups is 3. The number of amides is 2. The third-order valence-corrected chi connectivity index (χ3v) is 7.17. The average Bonchev–Trinajstić information content (AvgIpc) is 3.31. The van der Waals surface area contributed by atoms with Crippen molar-refractivity contribution in [3.8, 4) is 0 Å². The van der Waals surface area contributed by atoms with Gasteiger partial charge in [0, 0.05) is 11.6 Å². The van der Waals surface area contributed by atoms with E-state index in [2.05, 4.69) is 41.7 Å². The third kappa shape index (κ3) is 9.03. The van der Waals surface area contributed by atoms with Crippen LogP contribution < -0.4 is 5.32 Å². The number of aryl methyl sites for hydroxylation is 2. The summed E-state index contributed by atoms with van der Waals surface area (Å²) in [6.45, 7) is 0. The van der Waals surface area contributed by atoms with Crippen LogP contribution in [-0.2, 0) is 22.4 Å². The Kier molecular flexibility index (Phi) is 10.6. The standard InChI is InChI=1S/C35H37NO3/c37-33(31-14-10-7-11-15-31)25-22-29-18-16-27(17-19-29)12-8-5-3-1-2-4-6-9-13-28-20-23-30(24-21-28)32-26-34(38)36-35(32)39/h7,10-11,14-26H,1-6,8-9,12-13H2,(H,36,38,39). The van der Waals surface area contributed by atoms with E-state index in [4.69, 9.17) is 0 Å². The van der Waals surface area contributed by atoms with E-state index in [1.807, 2.05) is 48.5 Å². The van der Waals surface area contributed by atoms with Crippen LogP contribution >= 0.6 is 0 Å². The van der Waals surface area contributed by atoms with E-state index in [1.54, 1.807) is 6.08 Å². The van der Waals surface area contributed by atoms with Crippen molar-refractivity contribution in [3.63, 3.8) is 0 Å². The molecule has 200 valence electrons. The van der Waals surface area contributed by atoms with Crippen LogP contribution in [0.15, 0.2) is 91.0 Å². The highest BCUT2D eigenvalue weighted by atomic mass is 16.2. The van der Waals surface area contributed by atoms with Crippen molar-refractivity contribution >= 4 is 29.2 Å². The van der Waals surface area contributed by atoms with Crippen LogP contribution in [0.3, 0.4) is 0 Å². The van der Waals surface area contributed by atoms with Gasteiger partial charge in [0.1, 0.15) is 0 Å². The van der Waals surface area contributed by atoms with Crippen LogP contribution in [0.5, 0.6) is 0 Å². The van der Waals surface area contributed by atoms with Crippen molar-refractivity contribution in [2.75, 3.05) is 0 Å². The molecule has 1 aliphatic rings. The molecule has 3 aromatic rings. The molecule has 0 saturated heterocycles. The summed E-state index contributed by atoms with van der Waals surface area (Å²) in [6.07, 6.45) is 17.1. The lowest BCUT2D eigenvalue weighted by atomic mass is 10.0. The zero-order chi connectivity index (χ0) is 27.3. The van der Waals surface area contributed by atoms with Gasteiger partial charge >= 0.3 is 0 Å². The van der Waals surface area contributed by atoms with Crippen molar-refractivity contribution in [1.29, 1.82) is 0 Å². The van der Waals surface area contributed by atoms with E-state index in [-0.39, 0.29) is 17.6 Å². The third-order valence-electron chi connectivity index (χ3n) is 7.17. The molecule has 0 bridgehead atoms. The fraction of sp³-hybridized carbons (Fsp3) is 0.286. The summed E-state index contributed by atoms with van der Waals surface area (Å²) in [5.41, 5.74) is 5.63. The quantitative estimate of drug-likeness (QED) is 0.0977. The van der Waals surface area contributed by atoms with Crippen molar-refractivity contribution < 1.29 is 14.4 Å². The normalized spacial score (nSPS) is 13.1. The molecule has 39 heavy (non-hydrogen) atoms. The zero-order valence-electron chi connectivity index (χ0n) is 22.5. The van der Waals surface area contributed by atoms with Gasteiger partial charge in [-0.2, -0.15) is 0 Å². The Bertz CT molecular complexity index is 1300. The lowest BCUT2D eigenvalue weighted by Crippen LogP contribution is -2.21. The monoisotopic (exact) mass is 519 g/mol. The van der Waals surface area contributed by atoms with E-state index in [9.17, 15) is 14.4 Å². The molecule has 4 nitrogen and oxygen atoms in total. The van der Waals surface area contributed by atoms with E-state index in [1.165, 1.54) is 68.6 Å². The SMILES string of the molecule is O=C1C=C(c2ccc(CCCCCCCCCCc3ccc(C=CC(=O)c4ccccc4)cc3)cc2)C(=O)N1. The van der Waals surface area contributed by atoms with Gasteiger partial charge in [0.2, 0.25) is 0 Å². The van der Waals surface area contributed by atoms with Gasteiger partial charge in [-0.15, -0.1) is 0 Å². The minimum atomic E-state index is -0.340. The Morgan fingerprint density at radius 3 is 1.72 bits per heavy atom. The highest BCUT2D eigenvalue weighted by molar-refractivity contribution is 6.33. The Morgan fingerprint density at radius 1 is 0.641 bits per heavy atom. The van der Waals surface area contributed by atoms with Crippen LogP contribution in [0.1, 0.15) is 84.0 Å². The van der Waals surface area contributed by atoms with Gasteiger partial charge in [-0.1, -0.05) is 123 Å². The minimum absolute atomic E-state index is 0.0280. The highest BCUT2D eigenvalue weighted by Crippen LogP contribution is 2.20. The van der Waals surface area contributed by atoms with E-state index in [0.717, 1.165) is 24.0 Å². The summed E-state index contributed by atoms with van der Waals surface area (Å²) in [4.78, 5) is 35.3. The second kappa shape index (κ2) is 14.8. The number of benzene rings is 3. The lowest BCUT2D eigenvalue weighted by Gasteiger charge is -2.05. The molecule has 0 atom stereocenters. The Balaban J connectivity index is 1.02. The number of ketones is 1. The summed E-state index contributed by atoms with van der Waals surface area (Å²) in [5, 5.41) is 2.29. The molecule has 1 N–H and O–H groups in total. The van der Waals surface area contributed by atoms with Gasteiger partial charge in [0.25, 0.3) is 11.8 Å². The number of unbranched alkanes of at least 4 members (excludes halogenated alkanes) is 7. The molecule has 0 aromatic heterocycles. The Morgan fingerprint density at radius 2 is 1.18 bits per heavy atom. The van der Waals surface area contributed by atoms with Gasteiger partial charge in [-0.05, 0) is 54.0 Å². The first-order chi connectivity index (χ1) is 19.1. The molecule has 0 saturated carbocycles. The van der Waals surface area contributed by atoms with Crippen molar-refractivity contribution in [2.24, 2.45) is 0 Å². The van der Waals surface area contributed by atoms with Gasteiger partial charge in [-0.3, -0.25) is 19.7 Å². The Hall–Kier alpha value is -4.05. The van der Waals surface area contributed by atoms with Gasteiger partial charge in [0.15, 0.2) is 5.78 Å². The van der Waals surface area contributed by atoms with Crippen molar-refractivity contribution in [3.05, 3.63) is 119 Å². The fourth-order valence-corrected chi connectivity index (χ4v) is 4.86. The smallest absolute Gasteiger partial charge is 0.258 e.